The first-order chi connectivity index (χ1) is 12.1. The molecule has 0 saturated carbocycles. The Morgan fingerprint density at radius 1 is 1.35 bits per heavy atom. The SMILES string of the molecule is CCOc1ccc(C2(CNC(=O)[C@@H](N)CCSC)CCOCC2)cc1.Cl. The van der Waals surface area contributed by atoms with Crippen molar-refractivity contribution in [1.29, 1.82) is 0 Å². The predicted molar refractivity (Wildman–Crippen MR) is 111 cm³/mol. The lowest BCUT2D eigenvalue weighted by molar-refractivity contribution is -0.122. The van der Waals surface area contributed by atoms with Crippen LogP contribution in [-0.4, -0.2) is 50.3 Å². The lowest BCUT2D eigenvalue weighted by Gasteiger charge is -2.38. The van der Waals surface area contributed by atoms with E-state index < -0.39 is 6.04 Å². The number of nitrogens with two attached hydrogens (primary N) is 1. The zero-order chi connectivity index (χ0) is 18.1. The summed E-state index contributed by atoms with van der Waals surface area (Å²) in [6.45, 7) is 4.64. The molecule has 3 N–H and O–H groups in total. The lowest BCUT2D eigenvalue weighted by atomic mass is 9.74. The highest BCUT2D eigenvalue weighted by Crippen LogP contribution is 2.35. The highest BCUT2D eigenvalue weighted by molar-refractivity contribution is 7.98. The summed E-state index contributed by atoms with van der Waals surface area (Å²) in [6.07, 6.45) is 4.50. The van der Waals surface area contributed by atoms with Crippen LogP contribution in [0.5, 0.6) is 5.75 Å². The van der Waals surface area contributed by atoms with E-state index in [1.807, 2.05) is 25.3 Å². The van der Waals surface area contributed by atoms with E-state index in [-0.39, 0.29) is 23.7 Å². The third-order valence-electron chi connectivity index (χ3n) is 4.80. The quantitative estimate of drug-likeness (QED) is 0.664. The smallest absolute Gasteiger partial charge is 0.236 e. The predicted octanol–water partition coefficient (Wildman–Crippen LogP) is 2.75. The summed E-state index contributed by atoms with van der Waals surface area (Å²) in [6, 6.07) is 7.78. The van der Waals surface area contributed by atoms with Crippen molar-refractivity contribution in [1.82, 2.24) is 5.32 Å². The molecule has 1 fully saturated rings. The van der Waals surface area contributed by atoms with E-state index in [4.69, 9.17) is 15.2 Å². The molecule has 2 rings (SSSR count). The van der Waals surface area contributed by atoms with E-state index in [0.29, 0.717) is 32.8 Å². The maximum atomic E-state index is 12.3. The average molecular weight is 403 g/mol. The molecule has 0 unspecified atom stereocenters. The Morgan fingerprint density at radius 2 is 2.00 bits per heavy atom. The second-order valence-electron chi connectivity index (χ2n) is 6.46. The molecule has 1 aliphatic rings. The minimum Gasteiger partial charge on any atom is -0.494 e. The van der Waals surface area contributed by atoms with Gasteiger partial charge in [-0.1, -0.05) is 12.1 Å². The van der Waals surface area contributed by atoms with Gasteiger partial charge < -0.3 is 20.5 Å². The number of nitrogens with one attached hydrogen (secondary N) is 1. The Labute approximate surface area is 167 Å². The molecule has 5 nitrogen and oxygen atoms in total. The zero-order valence-corrected chi connectivity index (χ0v) is 17.3. The molecule has 0 spiro atoms. The molecule has 26 heavy (non-hydrogen) atoms. The van der Waals surface area contributed by atoms with Crippen molar-refractivity contribution < 1.29 is 14.3 Å². The van der Waals surface area contributed by atoms with Crippen LogP contribution >= 0.6 is 24.2 Å². The van der Waals surface area contributed by atoms with Gasteiger partial charge in [-0.3, -0.25) is 4.79 Å². The van der Waals surface area contributed by atoms with E-state index in [1.54, 1.807) is 11.8 Å². The van der Waals surface area contributed by atoms with Gasteiger partial charge in [-0.15, -0.1) is 12.4 Å². The molecule has 1 aromatic rings. The number of amides is 1. The number of thioether (sulfide) groups is 1. The van der Waals surface area contributed by atoms with Gasteiger partial charge in [0.05, 0.1) is 12.6 Å². The second-order valence-corrected chi connectivity index (χ2v) is 7.44. The van der Waals surface area contributed by atoms with Crippen LogP contribution in [-0.2, 0) is 14.9 Å². The third-order valence-corrected chi connectivity index (χ3v) is 5.44. The Morgan fingerprint density at radius 3 is 2.58 bits per heavy atom. The molecule has 0 aliphatic carbocycles. The summed E-state index contributed by atoms with van der Waals surface area (Å²) >= 11 is 1.71. The highest BCUT2D eigenvalue weighted by Gasteiger charge is 2.35. The Kier molecular flexibility index (Phi) is 10.4. The molecule has 1 heterocycles. The monoisotopic (exact) mass is 402 g/mol. The van der Waals surface area contributed by atoms with Gasteiger partial charge in [0.1, 0.15) is 5.75 Å². The number of benzene rings is 1. The van der Waals surface area contributed by atoms with E-state index in [1.165, 1.54) is 5.56 Å². The first-order valence-corrected chi connectivity index (χ1v) is 10.3. The van der Waals surface area contributed by atoms with Crippen molar-refractivity contribution >= 4 is 30.1 Å². The summed E-state index contributed by atoms with van der Waals surface area (Å²) in [5.41, 5.74) is 7.11. The maximum Gasteiger partial charge on any atom is 0.236 e. The third kappa shape index (κ3) is 6.34. The molecular formula is C19H31ClN2O3S. The Bertz CT molecular complexity index is 536. The van der Waals surface area contributed by atoms with Crippen LogP contribution in [0, 0.1) is 0 Å². The first-order valence-electron chi connectivity index (χ1n) is 8.94. The largest absolute Gasteiger partial charge is 0.494 e. The van der Waals surface area contributed by atoms with Crippen LogP contribution in [0.2, 0.25) is 0 Å². The Hall–Kier alpha value is -0.950. The van der Waals surface area contributed by atoms with Crippen molar-refractivity contribution in [2.45, 2.75) is 37.6 Å². The van der Waals surface area contributed by atoms with Gasteiger partial charge in [-0.25, -0.2) is 0 Å². The molecule has 148 valence electrons. The minimum atomic E-state index is -0.440. The fraction of sp³-hybridized carbons (Fsp3) is 0.632. The number of hydrogen-bond acceptors (Lipinski definition) is 5. The topological polar surface area (TPSA) is 73.6 Å². The van der Waals surface area contributed by atoms with E-state index in [9.17, 15) is 4.79 Å². The van der Waals surface area contributed by atoms with Gasteiger partial charge in [0.15, 0.2) is 0 Å². The summed E-state index contributed by atoms with van der Waals surface area (Å²) < 4.78 is 11.1. The molecule has 0 aromatic heterocycles. The van der Waals surface area contributed by atoms with Gasteiger partial charge in [0, 0.05) is 25.2 Å². The molecule has 1 aromatic carbocycles. The van der Waals surface area contributed by atoms with Gasteiger partial charge in [-0.05, 0) is 55.9 Å². The molecule has 1 saturated heterocycles. The first kappa shape index (κ1) is 23.1. The average Bonchev–Trinajstić information content (AvgIpc) is 2.65. The fourth-order valence-corrected chi connectivity index (χ4v) is 3.65. The van der Waals surface area contributed by atoms with Crippen molar-refractivity contribution in [3.05, 3.63) is 29.8 Å². The molecular weight excluding hydrogens is 372 g/mol. The summed E-state index contributed by atoms with van der Waals surface area (Å²) in [4.78, 5) is 12.3. The molecule has 0 bridgehead atoms. The summed E-state index contributed by atoms with van der Waals surface area (Å²) in [5, 5.41) is 3.08. The van der Waals surface area contributed by atoms with Crippen molar-refractivity contribution in [2.75, 3.05) is 38.4 Å². The number of hydrogen-bond donors (Lipinski definition) is 2. The number of ether oxygens (including phenoxy) is 2. The van der Waals surface area contributed by atoms with Crippen LogP contribution in [0.1, 0.15) is 31.7 Å². The summed E-state index contributed by atoms with van der Waals surface area (Å²) in [5.74, 6) is 1.70. The standard InChI is InChI=1S/C19H30N2O3S.ClH/c1-3-24-16-6-4-15(5-7-16)19(9-11-23-12-10-19)14-21-18(22)17(20)8-13-25-2;/h4-7,17H,3,8-14,20H2,1-2H3,(H,21,22);1H/t17-;/m0./s1. The highest BCUT2D eigenvalue weighted by atomic mass is 35.5. The van der Waals surface area contributed by atoms with Crippen LogP contribution in [0.4, 0.5) is 0 Å². The van der Waals surface area contributed by atoms with Gasteiger partial charge >= 0.3 is 0 Å². The van der Waals surface area contributed by atoms with E-state index in [2.05, 4.69) is 17.4 Å². The molecule has 0 radical (unpaired) electrons. The van der Waals surface area contributed by atoms with Crippen molar-refractivity contribution in [2.24, 2.45) is 5.73 Å². The minimum absolute atomic E-state index is 0. The van der Waals surface area contributed by atoms with Crippen molar-refractivity contribution in [3.63, 3.8) is 0 Å². The molecule has 1 atom stereocenters. The molecule has 1 aliphatic heterocycles. The fourth-order valence-electron chi connectivity index (χ4n) is 3.16. The van der Waals surface area contributed by atoms with Gasteiger partial charge in [0.2, 0.25) is 5.91 Å². The molecule has 1 amide bonds. The number of carbonyl (C=O) groups excluding carboxylic acids is 1. The summed E-state index contributed by atoms with van der Waals surface area (Å²) in [7, 11) is 0. The normalized spacial score (nSPS) is 17.0. The van der Waals surface area contributed by atoms with Gasteiger partial charge in [0.25, 0.3) is 0 Å². The van der Waals surface area contributed by atoms with Crippen LogP contribution in [0.15, 0.2) is 24.3 Å². The van der Waals surface area contributed by atoms with E-state index in [0.717, 1.165) is 24.3 Å². The van der Waals surface area contributed by atoms with Crippen molar-refractivity contribution in [3.8, 4) is 5.75 Å². The number of halogens is 1. The van der Waals surface area contributed by atoms with Crippen LogP contribution in [0.3, 0.4) is 0 Å². The maximum absolute atomic E-state index is 12.3. The number of carbonyl (C=O) groups is 1. The zero-order valence-electron chi connectivity index (χ0n) is 15.7. The van der Waals surface area contributed by atoms with Gasteiger partial charge in [-0.2, -0.15) is 11.8 Å². The number of rotatable bonds is 9. The van der Waals surface area contributed by atoms with Crippen LogP contribution in [0.25, 0.3) is 0 Å². The van der Waals surface area contributed by atoms with E-state index >= 15 is 0 Å². The Balaban J connectivity index is 0.00000338. The lowest BCUT2D eigenvalue weighted by Crippen LogP contribution is -2.49. The molecule has 7 heteroatoms. The van der Waals surface area contributed by atoms with Crippen LogP contribution < -0.4 is 15.8 Å². The second kappa shape index (κ2) is 11.7.